The van der Waals surface area contributed by atoms with Crippen molar-refractivity contribution in [2.45, 2.75) is 20.1 Å². The second-order valence-electron chi connectivity index (χ2n) is 4.47. The smallest absolute Gasteiger partial charge is 0.222 e. The van der Waals surface area contributed by atoms with Crippen LogP contribution < -0.4 is 16.4 Å². The van der Waals surface area contributed by atoms with E-state index >= 15 is 0 Å². The van der Waals surface area contributed by atoms with Crippen LogP contribution in [0.2, 0.25) is 10.0 Å². The van der Waals surface area contributed by atoms with Gasteiger partial charge in [0.2, 0.25) is 18.2 Å². The third-order valence-corrected chi connectivity index (χ3v) is 3.98. The van der Waals surface area contributed by atoms with Crippen molar-refractivity contribution >= 4 is 40.8 Å². The molecule has 21 heavy (non-hydrogen) atoms. The largest absolute Gasteiger partial charge is 0.369 e. The molecule has 0 bridgehead atoms. The molecule has 1 aliphatic rings. The van der Waals surface area contributed by atoms with E-state index in [2.05, 4.69) is 9.98 Å². The average molecular weight is 329 g/mol. The minimum Gasteiger partial charge on any atom is -0.369 e. The van der Waals surface area contributed by atoms with Gasteiger partial charge in [-0.2, -0.15) is 4.99 Å². The molecule has 2 rings (SSSR count). The summed E-state index contributed by atoms with van der Waals surface area (Å²) in [5.74, 6) is 0.522. The molecule has 1 aromatic carbocycles. The lowest BCUT2D eigenvalue weighted by Crippen LogP contribution is -2.55. The quantitative estimate of drug-likeness (QED) is 0.886. The Labute approximate surface area is 134 Å². The van der Waals surface area contributed by atoms with Crippen molar-refractivity contribution in [1.29, 1.82) is 0 Å². The summed E-state index contributed by atoms with van der Waals surface area (Å²) in [7, 11) is 0. The van der Waals surface area contributed by atoms with Gasteiger partial charge >= 0.3 is 0 Å². The first kappa shape index (κ1) is 15.7. The Bertz CT molecular complexity index is 586. The van der Waals surface area contributed by atoms with Gasteiger partial charge in [-0.3, -0.25) is 0 Å². The summed E-state index contributed by atoms with van der Waals surface area (Å²) in [5.41, 5.74) is 12.6. The van der Waals surface area contributed by atoms with Gasteiger partial charge in [0.15, 0.2) is 0 Å². The fourth-order valence-electron chi connectivity index (χ4n) is 2.22. The van der Waals surface area contributed by atoms with Gasteiger partial charge < -0.3 is 21.3 Å². The van der Waals surface area contributed by atoms with Crippen molar-refractivity contribution in [3.05, 3.63) is 28.2 Å². The molecule has 0 radical (unpaired) electrons. The third kappa shape index (κ3) is 3.16. The van der Waals surface area contributed by atoms with Crippen molar-refractivity contribution in [2.75, 3.05) is 18.0 Å². The van der Waals surface area contributed by atoms with Gasteiger partial charge in [0.1, 0.15) is 0 Å². The average Bonchev–Trinajstić information content (AvgIpc) is 2.43. The number of hydrogen-bond donors (Lipinski definition) is 2. The normalized spacial score (nSPS) is 18.3. The monoisotopic (exact) mass is 328 g/mol. The molecule has 1 heterocycles. The number of anilines is 1. The molecule has 1 aliphatic heterocycles. The summed E-state index contributed by atoms with van der Waals surface area (Å²) in [5, 5.41) is 1.00. The molecule has 4 N–H and O–H groups in total. The van der Waals surface area contributed by atoms with Gasteiger partial charge in [0, 0.05) is 18.8 Å². The number of guanidine groups is 2. The minimum atomic E-state index is -0.352. The number of hydrogen-bond acceptors (Lipinski definition) is 6. The van der Waals surface area contributed by atoms with Gasteiger partial charge in [-0.05, 0) is 32.0 Å². The first-order valence-corrected chi connectivity index (χ1v) is 7.39. The number of benzene rings is 1. The van der Waals surface area contributed by atoms with Crippen LogP contribution in [0.5, 0.6) is 0 Å². The zero-order chi connectivity index (χ0) is 15.6. The summed E-state index contributed by atoms with van der Waals surface area (Å²) in [6.45, 7) is 5.36. The van der Waals surface area contributed by atoms with Crippen molar-refractivity contribution < 1.29 is 0 Å². The van der Waals surface area contributed by atoms with E-state index in [9.17, 15) is 0 Å². The highest BCUT2D eigenvalue weighted by molar-refractivity contribution is 6.42. The lowest BCUT2D eigenvalue weighted by atomic mass is 10.2. The highest BCUT2D eigenvalue weighted by atomic mass is 35.5. The van der Waals surface area contributed by atoms with E-state index in [-0.39, 0.29) is 12.2 Å². The number of nitrogens with two attached hydrogens (primary N) is 2. The molecule has 8 heteroatoms. The Hall–Kier alpha value is -1.66. The van der Waals surface area contributed by atoms with Gasteiger partial charge in [-0.25, -0.2) is 4.99 Å². The van der Waals surface area contributed by atoms with E-state index < -0.39 is 0 Å². The SMILES string of the molecule is CCN1C(N)=NC(N)=NC1N(CC)c1ccc(Cl)c(Cl)c1. The molecule has 1 unspecified atom stereocenters. The molecule has 1 atom stereocenters. The lowest BCUT2D eigenvalue weighted by Gasteiger charge is -2.39. The minimum absolute atomic E-state index is 0.167. The molecule has 0 aliphatic carbocycles. The van der Waals surface area contributed by atoms with Crippen molar-refractivity contribution in [1.82, 2.24) is 4.90 Å². The molecule has 114 valence electrons. The van der Waals surface area contributed by atoms with Crippen molar-refractivity contribution in [3.8, 4) is 0 Å². The Morgan fingerprint density at radius 1 is 1.24 bits per heavy atom. The highest BCUT2D eigenvalue weighted by Crippen LogP contribution is 2.29. The summed E-state index contributed by atoms with van der Waals surface area (Å²) in [6.07, 6.45) is -0.352. The predicted molar refractivity (Wildman–Crippen MR) is 88.9 cm³/mol. The number of aliphatic imine (C=N–C) groups is 2. The zero-order valence-corrected chi connectivity index (χ0v) is 13.4. The topological polar surface area (TPSA) is 83.2 Å². The van der Waals surface area contributed by atoms with Crippen LogP contribution in [-0.4, -0.2) is 36.2 Å². The Morgan fingerprint density at radius 3 is 2.52 bits per heavy atom. The van der Waals surface area contributed by atoms with Crippen LogP contribution in [-0.2, 0) is 0 Å². The molecule has 0 fully saturated rings. The van der Waals surface area contributed by atoms with E-state index in [1.54, 1.807) is 12.1 Å². The number of rotatable bonds is 4. The summed E-state index contributed by atoms with van der Waals surface area (Å²) in [6, 6.07) is 5.44. The van der Waals surface area contributed by atoms with Gasteiger partial charge in [0.25, 0.3) is 0 Å². The molecule has 0 spiro atoms. The number of halogens is 2. The first-order chi connectivity index (χ1) is 9.97. The fourth-order valence-corrected chi connectivity index (χ4v) is 2.52. The Morgan fingerprint density at radius 2 is 1.95 bits per heavy atom. The van der Waals surface area contributed by atoms with Crippen LogP contribution in [0.1, 0.15) is 13.8 Å². The molecule has 0 aromatic heterocycles. The fraction of sp³-hybridized carbons (Fsp3) is 0.385. The highest BCUT2D eigenvalue weighted by Gasteiger charge is 2.28. The summed E-state index contributed by atoms with van der Waals surface area (Å²) >= 11 is 12.1. The standard InChI is InChI=1S/C13H18Cl2N6/c1-3-20(8-5-6-9(14)10(15)7-8)13-19-11(16)18-12(17)21(13)4-2/h5-7,13H,3-4H2,1-2H3,(H4,16,17,18,19). The molecule has 6 nitrogen and oxygen atoms in total. The lowest BCUT2D eigenvalue weighted by molar-refractivity contribution is 0.313. The van der Waals surface area contributed by atoms with E-state index in [4.69, 9.17) is 34.7 Å². The van der Waals surface area contributed by atoms with Crippen LogP contribution in [0.15, 0.2) is 28.2 Å². The third-order valence-electron chi connectivity index (χ3n) is 3.24. The number of nitrogens with zero attached hydrogens (tertiary/aromatic N) is 4. The van der Waals surface area contributed by atoms with Crippen LogP contribution in [0.4, 0.5) is 5.69 Å². The summed E-state index contributed by atoms with van der Waals surface area (Å²) < 4.78 is 0. The summed E-state index contributed by atoms with van der Waals surface area (Å²) in [4.78, 5) is 12.3. The second-order valence-corrected chi connectivity index (χ2v) is 5.29. The van der Waals surface area contributed by atoms with Crippen molar-refractivity contribution in [3.63, 3.8) is 0 Å². The van der Waals surface area contributed by atoms with Crippen LogP contribution in [0.25, 0.3) is 0 Å². The maximum absolute atomic E-state index is 6.10. The van der Waals surface area contributed by atoms with Gasteiger partial charge in [-0.15, -0.1) is 0 Å². The first-order valence-electron chi connectivity index (χ1n) is 6.63. The van der Waals surface area contributed by atoms with Gasteiger partial charge in [0.05, 0.1) is 10.0 Å². The molecular weight excluding hydrogens is 311 g/mol. The van der Waals surface area contributed by atoms with Crippen LogP contribution >= 0.6 is 23.2 Å². The maximum Gasteiger partial charge on any atom is 0.222 e. The predicted octanol–water partition coefficient (Wildman–Crippen LogP) is 2.07. The Kier molecular flexibility index (Phi) is 4.80. The zero-order valence-electron chi connectivity index (χ0n) is 11.9. The molecule has 1 aromatic rings. The van der Waals surface area contributed by atoms with E-state index in [1.807, 2.05) is 29.7 Å². The molecular formula is C13H18Cl2N6. The van der Waals surface area contributed by atoms with Gasteiger partial charge in [-0.1, -0.05) is 23.2 Å². The van der Waals surface area contributed by atoms with Crippen molar-refractivity contribution in [2.24, 2.45) is 21.5 Å². The van der Waals surface area contributed by atoms with E-state index in [0.29, 0.717) is 29.1 Å². The van der Waals surface area contributed by atoms with E-state index in [0.717, 1.165) is 5.69 Å². The van der Waals surface area contributed by atoms with Crippen LogP contribution in [0, 0.1) is 0 Å². The van der Waals surface area contributed by atoms with Crippen LogP contribution in [0.3, 0.4) is 0 Å². The maximum atomic E-state index is 6.10. The molecule has 0 amide bonds. The molecule has 0 saturated carbocycles. The Balaban J connectivity index is 2.40. The van der Waals surface area contributed by atoms with E-state index in [1.165, 1.54) is 0 Å². The molecule has 0 saturated heterocycles. The second kappa shape index (κ2) is 6.41.